The van der Waals surface area contributed by atoms with Gasteiger partial charge in [-0.2, -0.15) is 18.3 Å². The molecule has 0 atom stereocenters. The van der Waals surface area contributed by atoms with Gasteiger partial charge in [0.25, 0.3) is 5.91 Å². The Hall–Kier alpha value is -2.94. The number of anilines is 1. The van der Waals surface area contributed by atoms with E-state index < -0.39 is 18.6 Å². The number of amides is 1. The third-order valence-electron chi connectivity index (χ3n) is 3.32. The van der Waals surface area contributed by atoms with Crippen LogP contribution in [0.5, 0.6) is 5.75 Å². The van der Waals surface area contributed by atoms with Crippen LogP contribution < -0.4 is 10.1 Å². The average molecular weight is 400 g/mol. The molecule has 0 saturated carbocycles. The van der Waals surface area contributed by atoms with E-state index in [2.05, 4.69) is 10.4 Å². The maximum atomic E-state index is 12.3. The molecule has 0 saturated heterocycles. The summed E-state index contributed by atoms with van der Waals surface area (Å²) in [6.45, 7) is -1.19. The predicted octanol–water partition coefficient (Wildman–Crippen LogP) is 4.52. The van der Waals surface area contributed by atoms with E-state index in [9.17, 15) is 18.0 Å². The second-order valence-electron chi connectivity index (χ2n) is 5.48. The first-order valence-corrected chi connectivity index (χ1v) is 8.04. The topological polar surface area (TPSA) is 69.3 Å². The number of para-hydroxylation sites is 1. The third-order valence-corrected chi connectivity index (χ3v) is 3.64. The molecule has 142 valence electrons. The van der Waals surface area contributed by atoms with Gasteiger partial charge in [0.2, 0.25) is 0 Å². The number of nitrogens with one attached hydrogen (secondary N) is 1. The highest BCUT2D eigenvalue weighted by atomic mass is 35.5. The molecule has 27 heavy (non-hydrogen) atoms. The van der Waals surface area contributed by atoms with Crippen LogP contribution in [0, 0.1) is 0 Å². The SMILES string of the molecule is O=C(Nc1cnn(CC(F)(F)F)c1)c1ccc(COc2ccccc2Cl)o1. The third kappa shape index (κ3) is 5.27. The van der Waals surface area contributed by atoms with Crippen molar-refractivity contribution in [1.82, 2.24) is 9.78 Å². The molecule has 1 aromatic carbocycles. The van der Waals surface area contributed by atoms with Gasteiger partial charge in [-0.25, -0.2) is 0 Å². The molecule has 0 radical (unpaired) electrons. The molecular weight excluding hydrogens is 387 g/mol. The van der Waals surface area contributed by atoms with Crippen LogP contribution in [0.1, 0.15) is 16.3 Å². The molecule has 6 nitrogen and oxygen atoms in total. The van der Waals surface area contributed by atoms with Crippen molar-refractivity contribution in [2.45, 2.75) is 19.3 Å². The van der Waals surface area contributed by atoms with E-state index in [0.29, 0.717) is 21.2 Å². The quantitative estimate of drug-likeness (QED) is 0.661. The van der Waals surface area contributed by atoms with Crippen LogP contribution in [0.4, 0.5) is 18.9 Å². The highest BCUT2D eigenvalue weighted by Gasteiger charge is 2.28. The summed E-state index contributed by atoms with van der Waals surface area (Å²) in [6, 6.07) is 9.89. The number of rotatable bonds is 6. The van der Waals surface area contributed by atoms with Gasteiger partial charge in [-0.15, -0.1) is 0 Å². The normalized spacial score (nSPS) is 11.4. The van der Waals surface area contributed by atoms with Gasteiger partial charge in [0.05, 0.1) is 16.9 Å². The Kier molecular flexibility index (Phi) is 5.41. The van der Waals surface area contributed by atoms with Crippen molar-refractivity contribution >= 4 is 23.2 Å². The van der Waals surface area contributed by atoms with Crippen molar-refractivity contribution in [1.29, 1.82) is 0 Å². The Morgan fingerprint density at radius 1 is 1.26 bits per heavy atom. The van der Waals surface area contributed by atoms with Gasteiger partial charge in [0.15, 0.2) is 5.76 Å². The fourth-order valence-electron chi connectivity index (χ4n) is 2.18. The Labute approximate surface area is 156 Å². The van der Waals surface area contributed by atoms with E-state index in [0.717, 1.165) is 12.4 Å². The van der Waals surface area contributed by atoms with Crippen molar-refractivity contribution in [3.8, 4) is 5.75 Å². The summed E-state index contributed by atoms with van der Waals surface area (Å²) in [5.74, 6) is 0.216. The molecule has 3 aromatic rings. The van der Waals surface area contributed by atoms with Gasteiger partial charge >= 0.3 is 6.18 Å². The van der Waals surface area contributed by atoms with Crippen molar-refractivity contribution < 1.29 is 27.1 Å². The van der Waals surface area contributed by atoms with Gasteiger partial charge in [0, 0.05) is 6.20 Å². The van der Waals surface area contributed by atoms with E-state index >= 15 is 0 Å². The number of hydrogen-bond donors (Lipinski definition) is 1. The molecule has 3 rings (SSSR count). The second kappa shape index (κ2) is 7.75. The maximum absolute atomic E-state index is 12.3. The summed E-state index contributed by atoms with van der Waals surface area (Å²) in [5, 5.41) is 6.40. The lowest BCUT2D eigenvalue weighted by atomic mass is 10.3. The fourth-order valence-corrected chi connectivity index (χ4v) is 2.37. The number of aromatic nitrogens is 2. The molecule has 2 aromatic heterocycles. The van der Waals surface area contributed by atoms with E-state index in [1.807, 2.05) is 0 Å². The minimum Gasteiger partial charge on any atom is -0.484 e. The highest BCUT2D eigenvalue weighted by molar-refractivity contribution is 6.32. The number of benzene rings is 1. The minimum atomic E-state index is -4.40. The molecule has 0 aliphatic carbocycles. The molecule has 2 heterocycles. The first-order chi connectivity index (χ1) is 12.8. The smallest absolute Gasteiger partial charge is 0.408 e. The zero-order chi connectivity index (χ0) is 19.4. The summed E-state index contributed by atoms with van der Waals surface area (Å²) >= 11 is 5.98. The first kappa shape index (κ1) is 18.8. The van der Waals surface area contributed by atoms with Crippen molar-refractivity contribution in [3.63, 3.8) is 0 Å². The van der Waals surface area contributed by atoms with Crippen LogP contribution in [-0.4, -0.2) is 21.9 Å². The standard InChI is InChI=1S/C17H13ClF3N3O3/c18-13-3-1-2-4-14(13)26-9-12-5-6-15(27-12)16(25)23-11-7-22-24(8-11)10-17(19,20)21/h1-8H,9-10H2,(H,23,25). The van der Waals surface area contributed by atoms with Gasteiger partial charge < -0.3 is 14.5 Å². The van der Waals surface area contributed by atoms with Gasteiger partial charge in [0.1, 0.15) is 24.7 Å². The van der Waals surface area contributed by atoms with Crippen LogP contribution in [0.3, 0.4) is 0 Å². The zero-order valence-corrected chi connectivity index (χ0v) is 14.4. The Bertz CT molecular complexity index is 937. The van der Waals surface area contributed by atoms with Crippen LogP contribution in [0.15, 0.2) is 53.2 Å². The molecule has 0 unspecified atom stereocenters. The van der Waals surface area contributed by atoms with Crippen molar-refractivity contribution in [2.75, 3.05) is 5.32 Å². The number of halogens is 4. The predicted molar refractivity (Wildman–Crippen MR) is 90.7 cm³/mol. The number of nitrogens with zero attached hydrogens (tertiary/aromatic N) is 2. The number of furan rings is 1. The van der Waals surface area contributed by atoms with Gasteiger partial charge in [-0.1, -0.05) is 23.7 Å². The van der Waals surface area contributed by atoms with E-state index in [1.165, 1.54) is 6.07 Å². The molecular formula is C17H13ClF3N3O3. The summed E-state index contributed by atoms with van der Waals surface area (Å²) in [6.07, 6.45) is -2.20. The lowest BCUT2D eigenvalue weighted by Crippen LogP contribution is -2.17. The van der Waals surface area contributed by atoms with Gasteiger partial charge in [-0.05, 0) is 24.3 Å². The summed E-state index contributed by atoms with van der Waals surface area (Å²) in [7, 11) is 0. The lowest BCUT2D eigenvalue weighted by Gasteiger charge is -2.05. The van der Waals surface area contributed by atoms with Gasteiger partial charge in [-0.3, -0.25) is 9.48 Å². The first-order valence-electron chi connectivity index (χ1n) is 7.67. The molecule has 1 N–H and O–H groups in total. The molecule has 10 heteroatoms. The zero-order valence-electron chi connectivity index (χ0n) is 13.7. The van der Waals surface area contributed by atoms with Crippen molar-refractivity contribution in [3.05, 3.63) is 65.3 Å². The van der Waals surface area contributed by atoms with E-state index in [4.69, 9.17) is 20.8 Å². The molecule has 0 aliphatic rings. The van der Waals surface area contributed by atoms with Crippen LogP contribution in [-0.2, 0) is 13.2 Å². The van der Waals surface area contributed by atoms with Crippen molar-refractivity contribution in [2.24, 2.45) is 0 Å². The fraction of sp³-hybridized carbons (Fsp3) is 0.176. The molecule has 0 bridgehead atoms. The number of carbonyl (C=O) groups excluding carboxylic acids is 1. The van der Waals surface area contributed by atoms with Crippen LogP contribution in [0.25, 0.3) is 0 Å². The molecule has 0 aliphatic heterocycles. The van der Waals surface area contributed by atoms with Crippen LogP contribution >= 0.6 is 11.6 Å². The summed E-state index contributed by atoms with van der Waals surface area (Å²) in [5.41, 5.74) is 0.120. The number of alkyl halides is 3. The largest absolute Gasteiger partial charge is 0.484 e. The second-order valence-corrected chi connectivity index (χ2v) is 5.89. The highest BCUT2D eigenvalue weighted by Crippen LogP contribution is 2.24. The number of carbonyl (C=O) groups is 1. The average Bonchev–Trinajstić information content (AvgIpc) is 3.22. The maximum Gasteiger partial charge on any atom is 0.408 e. The van der Waals surface area contributed by atoms with Crippen LogP contribution in [0.2, 0.25) is 5.02 Å². The molecule has 1 amide bonds. The summed E-state index contributed by atoms with van der Waals surface area (Å²) < 4.78 is 48.5. The Morgan fingerprint density at radius 2 is 2.04 bits per heavy atom. The minimum absolute atomic E-state index is 0.0173. The number of hydrogen-bond acceptors (Lipinski definition) is 4. The summed E-state index contributed by atoms with van der Waals surface area (Å²) in [4.78, 5) is 12.1. The lowest BCUT2D eigenvalue weighted by molar-refractivity contribution is -0.142. The molecule has 0 spiro atoms. The Morgan fingerprint density at radius 3 is 2.78 bits per heavy atom. The molecule has 0 fully saturated rings. The number of ether oxygens (including phenoxy) is 1. The Balaban J connectivity index is 1.58. The van der Waals surface area contributed by atoms with E-state index in [1.54, 1.807) is 30.3 Å². The monoisotopic (exact) mass is 399 g/mol. The van der Waals surface area contributed by atoms with E-state index in [-0.39, 0.29) is 18.1 Å².